The highest BCUT2D eigenvalue weighted by Crippen LogP contribution is 2.22. The van der Waals surface area contributed by atoms with Crippen LogP contribution in [0, 0.1) is 0 Å². The van der Waals surface area contributed by atoms with Crippen LogP contribution in [-0.4, -0.2) is 41.5 Å². The first-order chi connectivity index (χ1) is 8.72. The summed E-state index contributed by atoms with van der Waals surface area (Å²) < 4.78 is 0. The lowest BCUT2D eigenvalue weighted by atomic mass is 9.96. The second kappa shape index (κ2) is 6.16. The molecule has 1 unspecified atom stereocenters. The van der Waals surface area contributed by atoms with Crippen LogP contribution in [0.4, 0.5) is 11.6 Å². The van der Waals surface area contributed by atoms with Crippen LogP contribution in [-0.2, 0) is 5.41 Å². The van der Waals surface area contributed by atoms with E-state index in [-0.39, 0.29) is 5.41 Å². The summed E-state index contributed by atoms with van der Waals surface area (Å²) in [5, 5.41) is 3.37. The summed E-state index contributed by atoms with van der Waals surface area (Å²) in [4.78, 5) is 11.1. The summed E-state index contributed by atoms with van der Waals surface area (Å²) in [6.07, 6.45) is 0. The fourth-order valence-corrected chi connectivity index (χ4v) is 1.78. The SMILES string of the molecule is CC(CN(C)C)Nc1cc(NN)nc(C(C)(C)C)n1. The van der Waals surface area contributed by atoms with Gasteiger partial charge >= 0.3 is 0 Å². The summed E-state index contributed by atoms with van der Waals surface area (Å²) in [5.41, 5.74) is 2.48. The summed E-state index contributed by atoms with van der Waals surface area (Å²) in [5.74, 6) is 7.65. The molecule has 4 N–H and O–H groups in total. The zero-order valence-electron chi connectivity index (χ0n) is 12.8. The Morgan fingerprint density at radius 1 is 1.26 bits per heavy atom. The zero-order chi connectivity index (χ0) is 14.6. The molecule has 0 aliphatic rings. The molecule has 0 bridgehead atoms. The molecule has 108 valence electrons. The Morgan fingerprint density at radius 3 is 2.32 bits per heavy atom. The largest absolute Gasteiger partial charge is 0.366 e. The molecule has 6 nitrogen and oxygen atoms in total. The number of nitrogens with one attached hydrogen (secondary N) is 2. The van der Waals surface area contributed by atoms with Gasteiger partial charge in [-0.25, -0.2) is 15.8 Å². The Kier molecular flexibility index (Phi) is 5.08. The molecule has 0 fully saturated rings. The van der Waals surface area contributed by atoms with Gasteiger partial charge < -0.3 is 15.6 Å². The minimum Gasteiger partial charge on any atom is -0.366 e. The third-order valence-electron chi connectivity index (χ3n) is 2.58. The number of nitrogens with two attached hydrogens (primary N) is 1. The molecule has 6 heteroatoms. The third-order valence-corrected chi connectivity index (χ3v) is 2.58. The Balaban J connectivity index is 2.94. The van der Waals surface area contributed by atoms with Crippen LogP contribution >= 0.6 is 0 Å². The van der Waals surface area contributed by atoms with E-state index in [1.165, 1.54) is 0 Å². The van der Waals surface area contributed by atoms with Gasteiger partial charge in [0.05, 0.1) is 0 Å². The van der Waals surface area contributed by atoms with E-state index < -0.39 is 0 Å². The minimum atomic E-state index is -0.117. The highest BCUT2D eigenvalue weighted by molar-refractivity contribution is 5.48. The predicted molar refractivity (Wildman–Crippen MR) is 80.2 cm³/mol. The second-order valence-electron chi connectivity index (χ2n) is 6.16. The van der Waals surface area contributed by atoms with Crippen molar-refractivity contribution >= 4 is 11.6 Å². The van der Waals surface area contributed by atoms with Gasteiger partial charge in [-0.1, -0.05) is 20.8 Å². The molecule has 0 saturated heterocycles. The van der Waals surface area contributed by atoms with Crippen molar-refractivity contribution in [1.29, 1.82) is 0 Å². The lowest BCUT2D eigenvalue weighted by Gasteiger charge is -2.22. The van der Waals surface area contributed by atoms with Gasteiger partial charge in [-0.3, -0.25) is 0 Å². The third kappa shape index (κ3) is 5.00. The standard InChI is InChI=1S/C13H26N6/c1-9(8-19(5)6)15-10-7-11(18-14)17-12(16-10)13(2,3)4/h7,9H,8,14H2,1-6H3,(H2,15,16,17,18). The van der Waals surface area contributed by atoms with E-state index in [2.05, 4.69) is 53.3 Å². The maximum atomic E-state index is 5.47. The molecular weight excluding hydrogens is 240 g/mol. The molecule has 1 aromatic heterocycles. The Bertz CT molecular complexity index is 410. The quantitative estimate of drug-likeness (QED) is 0.552. The Hall–Kier alpha value is -1.40. The van der Waals surface area contributed by atoms with Crippen LogP contribution in [0.5, 0.6) is 0 Å². The van der Waals surface area contributed by atoms with Crippen molar-refractivity contribution in [2.24, 2.45) is 5.84 Å². The van der Waals surface area contributed by atoms with E-state index in [4.69, 9.17) is 5.84 Å². The van der Waals surface area contributed by atoms with Gasteiger partial charge in [0.2, 0.25) is 0 Å². The van der Waals surface area contributed by atoms with E-state index >= 15 is 0 Å². The molecule has 1 aromatic rings. The topological polar surface area (TPSA) is 79.1 Å². The lowest BCUT2D eigenvalue weighted by molar-refractivity contribution is 0.391. The van der Waals surface area contributed by atoms with Gasteiger partial charge in [0.15, 0.2) is 0 Å². The molecule has 0 aromatic carbocycles. The van der Waals surface area contributed by atoms with Gasteiger partial charge in [0, 0.05) is 24.1 Å². The summed E-state index contributed by atoms with van der Waals surface area (Å²) in [6.45, 7) is 9.29. The van der Waals surface area contributed by atoms with Crippen molar-refractivity contribution in [2.75, 3.05) is 31.4 Å². The number of likely N-dealkylation sites (N-methyl/N-ethyl adjacent to an activating group) is 1. The zero-order valence-corrected chi connectivity index (χ0v) is 12.8. The van der Waals surface area contributed by atoms with Gasteiger partial charge in [0.25, 0.3) is 0 Å². The summed E-state index contributed by atoms with van der Waals surface area (Å²) in [6, 6.07) is 2.12. The summed E-state index contributed by atoms with van der Waals surface area (Å²) >= 11 is 0. The van der Waals surface area contributed by atoms with Crippen molar-refractivity contribution < 1.29 is 0 Å². The van der Waals surface area contributed by atoms with E-state index in [9.17, 15) is 0 Å². The van der Waals surface area contributed by atoms with Gasteiger partial charge in [-0.05, 0) is 21.0 Å². The minimum absolute atomic E-state index is 0.117. The molecule has 0 spiro atoms. The first kappa shape index (κ1) is 15.7. The molecule has 0 saturated carbocycles. The Morgan fingerprint density at radius 2 is 1.84 bits per heavy atom. The van der Waals surface area contributed by atoms with E-state index in [0.717, 1.165) is 18.2 Å². The van der Waals surface area contributed by atoms with Crippen LogP contribution in [0.25, 0.3) is 0 Å². The number of hydrogen-bond donors (Lipinski definition) is 3. The molecule has 0 amide bonds. The van der Waals surface area contributed by atoms with Crippen LogP contribution < -0.4 is 16.6 Å². The molecule has 1 heterocycles. The van der Waals surface area contributed by atoms with Crippen LogP contribution in [0.2, 0.25) is 0 Å². The van der Waals surface area contributed by atoms with Crippen molar-refractivity contribution in [3.05, 3.63) is 11.9 Å². The van der Waals surface area contributed by atoms with E-state index in [1.807, 2.05) is 20.2 Å². The fourth-order valence-electron chi connectivity index (χ4n) is 1.78. The lowest BCUT2D eigenvalue weighted by Crippen LogP contribution is -2.30. The molecular formula is C13H26N6. The van der Waals surface area contributed by atoms with Gasteiger partial charge in [-0.2, -0.15) is 0 Å². The monoisotopic (exact) mass is 266 g/mol. The molecule has 1 rings (SSSR count). The second-order valence-corrected chi connectivity index (χ2v) is 6.16. The van der Waals surface area contributed by atoms with Crippen molar-refractivity contribution in [3.8, 4) is 0 Å². The number of nitrogens with zero attached hydrogens (tertiary/aromatic N) is 3. The maximum absolute atomic E-state index is 5.47. The average Bonchev–Trinajstić information content (AvgIpc) is 2.25. The van der Waals surface area contributed by atoms with E-state index in [0.29, 0.717) is 11.9 Å². The van der Waals surface area contributed by atoms with Crippen molar-refractivity contribution in [2.45, 2.75) is 39.2 Å². The highest BCUT2D eigenvalue weighted by atomic mass is 15.3. The number of aromatic nitrogens is 2. The average molecular weight is 266 g/mol. The first-order valence-corrected chi connectivity index (χ1v) is 6.50. The maximum Gasteiger partial charge on any atom is 0.145 e. The molecule has 0 aliphatic carbocycles. The van der Waals surface area contributed by atoms with Crippen LogP contribution in [0.15, 0.2) is 6.07 Å². The van der Waals surface area contributed by atoms with Crippen LogP contribution in [0.1, 0.15) is 33.5 Å². The number of anilines is 2. The highest BCUT2D eigenvalue weighted by Gasteiger charge is 2.19. The van der Waals surface area contributed by atoms with Crippen molar-refractivity contribution in [3.63, 3.8) is 0 Å². The molecule has 0 radical (unpaired) electrons. The smallest absolute Gasteiger partial charge is 0.145 e. The van der Waals surface area contributed by atoms with E-state index in [1.54, 1.807) is 0 Å². The number of hydrazine groups is 1. The normalized spacial score (nSPS) is 13.5. The molecule has 1 atom stereocenters. The molecule has 0 aliphatic heterocycles. The fraction of sp³-hybridized carbons (Fsp3) is 0.692. The number of rotatable bonds is 5. The van der Waals surface area contributed by atoms with Crippen LogP contribution in [0.3, 0.4) is 0 Å². The molecule has 19 heavy (non-hydrogen) atoms. The predicted octanol–water partition coefficient (Wildman–Crippen LogP) is 1.42. The van der Waals surface area contributed by atoms with Gasteiger partial charge in [0.1, 0.15) is 17.5 Å². The Labute approximate surface area is 115 Å². The summed E-state index contributed by atoms with van der Waals surface area (Å²) in [7, 11) is 4.09. The number of nitrogen functional groups attached to an aromatic ring is 1. The van der Waals surface area contributed by atoms with Gasteiger partial charge in [-0.15, -0.1) is 0 Å². The van der Waals surface area contributed by atoms with Crippen molar-refractivity contribution in [1.82, 2.24) is 14.9 Å². The first-order valence-electron chi connectivity index (χ1n) is 6.50. The number of hydrogen-bond acceptors (Lipinski definition) is 6.